The van der Waals surface area contributed by atoms with Crippen molar-refractivity contribution < 1.29 is 19.1 Å². The Bertz CT molecular complexity index is 1050. The first-order valence-corrected chi connectivity index (χ1v) is 12.0. The molecule has 4 rings (SSSR count). The summed E-state index contributed by atoms with van der Waals surface area (Å²) in [5.74, 6) is 0.384. The van der Waals surface area contributed by atoms with Gasteiger partial charge in [-0.05, 0) is 86.8 Å². The van der Waals surface area contributed by atoms with Crippen LogP contribution in [0.2, 0.25) is 10.0 Å². The third-order valence-corrected chi connectivity index (χ3v) is 7.23. The van der Waals surface area contributed by atoms with Crippen LogP contribution in [0.15, 0.2) is 42.5 Å². The second kappa shape index (κ2) is 9.19. The Morgan fingerprint density at radius 3 is 2.30 bits per heavy atom. The summed E-state index contributed by atoms with van der Waals surface area (Å²) in [7, 11) is 1.61. The molecule has 0 N–H and O–H groups in total. The monoisotopic (exact) mass is 489 g/mol. The van der Waals surface area contributed by atoms with Gasteiger partial charge in [-0.2, -0.15) is 0 Å². The van der Waals surface area contributed by atoms with Crippen LogP contribution in [0.1, 0.15) is 56.6 Å². The van der Waals surface area contributed by atoms with Crippen molar-refractivity contribution in [2.24, 2.45) is 11.8 Å². The highest BCUT2D eigenvalue weighted by Gasteiger charge is 2.52. The number of nitrogens with zero attached hydrogens (tertiary/aromatic N) is 1. The second-order valence-corrected chi connectivity index (χ2v) is 10.7. The molecule has 0 spiro atoms. The lowest BCUT2D eigenvalue weighted by Gasteiger charge is -2.39. The molecule has 176 valence electrons. The predicted octanol–water partition coefficient (Wildman–Crippen LogP) is 6.67. The number of rotatable bonds is 3. The van der Waals surface area contributed by atoms with Crippen molar-refractivity contribution in [3.05, 3.63) is 63.6 Å². The zero-order chi connectivity index (χ0) is 23.9. The van der Waals surface area contributed by atoms with Gasteiger partial charge in [-0.3, -0.25) is 4.79 Å². The van der Waals surface area contributed by atoms with Crippen molar-refractivity contribution in [2.75, 3.05) is 13.7 Å². The predicted molar refractivity (Wildman–Crippen MR) is 129 cm³/mol. The van der Waals surface area contributed by atoms with E-state index < -0.39 is 11.7 Å². The highest BCUT2D eigenvalue weighted by Crippen LogP contribution is 2.54. The number of amides is 2. The minimum absolute atomic E-state index is 0.00305. The first kappa shape index (κ1) is 23.9. The van der Waals surface area contributed by atoms with Gasteiger partial charge < -0.3 is 9.47 Å². The molecule has 4 atom stereocenters. The SMILES string of the molecule is COc1ccc([C@@H]2CC[C@@H]3C(=O)N(C(=O)OC(C)(C)C)C[C@H]3[C@H]2c2ccc(Cl)cc2)c(Cl)c1. The molecule has 2 aromatic carbocycles. The van der Waals surface area contributed by atoms with Crippen LogP contribution in [-0.4, -0.2) is 36.2 Å². The van der Waals surface area contributed by atoms with E-state index in [4.69, 9.17) is 32.7 Å². The van der Waals surface area contributed by atoms with Crippen molar-refractivity contribution in [3.8, 4) is 5.75 Å². The summed E-state index contributed by atoms with van der Waals surface area (Å²) in [4.78, 5) is 27.4. The average Bonchev–Trinajstić information content (AvgIpc) is 3.09. The fraction of sp³-hybridized carbons (Fsp3) is 0.462. The maximum absolute atomic E-state index is 13.3. The number of fused-ring (bicyclic) bond motifs is 1. The maximum Gasteiger partial charge on any atom is 0.417 e. The van der Waals surface area contributed by atoms with Crippen LogP contribution in [0.3, 0.4) is 0 Å². The number of imide groups is 1. The minimum Gasteiger partial charge on any atom is -0.497 e. The number of likely N-dealkylation sites (tertiary alicyclic amines) is 1. The molecular formula is C26H29Cl2NO4. The molecule has 1 aliphatic heterocycles. The van der Waals surface area contributed by atoms with E-state index in [2.05, 4.69) is 0 Å². The minimum atomic E-state index is -0.667. The fourth-order valence-electron chi connectivity index (χ4n) is 5.28. The molecule has 7 heteroatoms. The van der Waals surface area contributed by atoms with Gasteiger partial charge in [0.2, 0.25) is 5.91 Å². The number of carbonyl (C=O) groups is 2. The van der Waals surface area contributed by atoms with Gasteiger partial charge in [0.15, 0.2) is 0 Å². The van der Waals surface area contributed by atoms with Crippen molar-refractivity contribution in [1.82, 2.24) is 4.90 Å². The first-order valence-electron chi connectivity index (χ1n) is 11.2. The lowest BCUT2D eigenvalue weighted by molar-refractivity contribution is -0.131. The fourth-order valence-corrected chi connectivity index (χ4v) is 5.72. The third-order valence-electron chi connectivity index (χ3n) is 6.65. The van der Waals surface area contributed by atoms with Gasteiger partial charge in [0.05, 0.1) is 7.11 Å². The average molecular weight is 490 g/mol. The summed E-state index contributed by atoms with van der Waals surface area (Å²) in [6, 6.07) is 13.5. The Labute approximate surface area is 205 Å². The molecule has 2 amide bonds. The lowest BCUT2D eigenvalue weighted by atomic mass is 9.63. The molecule has 0 radical (unpaired) electrons. The standard InChI is InChI=1S/C26H29Cl2NO4/c1-26(2,3)33-25(31)29-14-21-20(24(29)30)12-11-19(18-10-9-17(32-4)13-22(18)28)23(21)15-5-7-16(27)8-6-15/h5-10,13,19-21,23H,11-12,14H2,1-4H3/t19-,20-,21+,23-/m0/s1. The number of methoxy groups -OCH3 is 1. The lowest BCUT2D eigenvalue weighted by Crippen LogP contribution is -2.38. The summed E-state index contributed by atoms with van der Waals surface area (Å²) in [5.41, 5.74) is 1.45. The molecule has 2 fully saturated rings. The Morgan fingerprint density at radius 1 is 1.03 bits per heavy atom. The molecule has 1 saturated carbocycles. The van der Waals surface area contributed by atoms with Crippen LogP contribution in [0.5, 0.6) is 5.75 Å². The Hall–Kier alpha value is -2.24. The van der Waals surface area contributed by atoms with Crippen molar-refractivity contribution in [2.45, 2.75) is 51.0 Å². The molecule has 2 aromatic rings. The van der Waals surface area contributed by atoms with E-state index in [1.165, 1.54) is 4.90 Å². The number of carbonyl (C=O) groups excluding carboxylic acids is 2. The molecule has 1 heterocycles. The van der Waals surface area contributed by atoms with E-state index in [-0.39, 0.29) is 29.6 Å². The number of hydrogen-bond donors (Lipinski definition) is 0. The van der Waals surface area contributed by atoms with E-state index in [9.17, 15) is 9.59 Å². The molecule has 0 unspecified atom stereocenters. The highest BCUT2D eigenvalue weighted by molar-refractivity contribution is 6.31. The number of halogens is 2. The molecule has 5 nitrogen and oxygen atoms in total. The van der Waals surface area contributed by atoms with Crippen LogP contribution in [0.25, 0.3) is 0 Å². The number of benzene rings is 2. The molecule has 1 aliphatic carbocycles. The first-order chi connectivity index (χ1) is 15.6. The summed E-state index contributed by atoms with van der Waals surface area (Å²) in [6.07, 6.45) is 0.907. The quantitative estimate of drug-likeness (QED) is 0.482. The molecule has 0 aromatic heterocycles. The molecule has 0 bridgehead atoms. The molecule has 1 saturated heterocycles. The zero-order valence-electron chi connectivity index (χ0n) is 19.3. The maximum atomic E-state index is 13.3. The van der Waals surface area contributed by atoms with Crippen LogP contribution < -0.4 is 4.74 Å². The highest BCUT2D eigenvalue weighted by atomic mass is 35.5. The number of hydrogen-bond acceptors (Lipinski definition) is 4. The van der Waals surface area contributed by atoms with E-state index >= 15 is 0 Å². The van der Waals surface area contributed by atoms with Gasteiger partial charge in [0, 0.05) is 22.5 Å². The Balaban J connectivity index is 1.72. The van der Waals surface area contributed by atoms with Gasteiger partial charge in [-0.25, -0.2) is 9.69 Å². The van der Waals surface area contributed by atoms with Crippen molar-refractivity contribution in [3.63, 3.8) is 0 Å². The van der Waals surface area contributed by atoms with Gasteiger partial charge in [-0.15, -0.1) is 0 Å². The summed E-state index contributed by atoms with van der Waals surface area (Å²) in [6.45, 7) is 5.74. The van der Waals surface area contributed by atoms with E-state index in [1.54, 1.807) is 27.9 Å². The smallest absolute Gasteiger partial charge is 0.417 e. The van der Waals surface area contributed by atoms with E-state index in [0.717, 1.165) is 17.5 Å². The Morgan fingerprint density at radius 2 is 1.70 bits per heavy atom. The molecule has 33 heavy (non-hydrogen) atoms. The Kier molecular flexibility index (Phi) is 6.66. The van der Waals surface area contributed by atoms with Crippen LogP contribution in [0, 0.1) is 11.8 Å². The van der Waals surface area contributed by atoms with Crippen molar-refractivity contribution >= 4 is 35.2 Å². The number of ether oxygens (including phenoxy) is 2. The molecular weight excluding hydrogens is 461 g/mol. The van der Waals surface area contributed by atoms with Gasteiger partial charge in [-0.1, -0.05) is 41.4 Å². The zero-order valence-corrected chi connectivity index (χ0v) is 20.8. The summed E-state index contributed by atoms with van der Waals surface area (Å²) in [5, 5.41) is 1.30. The van der Waals surface area contributed by atoms with Gasteiger partial charge in [0.25, 0.3) is 0 Å². The van der Waals surface area contributed by atoms with Gasteiger partial charge >= 0.3 is 6.09 Å². The summed E-state index contributed by atoms with van der Waals surface area (Å²) >= 11 is 12.9. The molecule has 2 aliphatic rings. The topological polar surface area (TPSA) is 55.8 Å². The van der Waals surface area contributed by atoms with Crippen molar-refractivity contribution in [1.29, 1.82) is 0 Å². The van der Waals surface area contributed by atoms with Gasteiger partial charge in [0.1, 0.15) is 11.4 Å². The van der Waals surface area contributed by atoms with E-state index in [1.807, 2.05) is 42.5 Å². The third kappa shape index (κ3) is 4.85. The van der Waals surface area contributed by atoms with Crippen LogP contribution in [-0.2, 0) is 9.53 Å². The largest absolute Gasteiger partial charge is 0.497 e. The van der Waals surface area contributed by atoms with Crippen LogP contribution in [0.4, 0.5) is 4.79 Å². The van der Waals surface area contributed by atoms with E-state index in [0.29, 0.717) is 28.8 Å². The normalized spacial score (nSPS) is 25.0. The second-order valence-electron chi connectivity index (χ2n) is 9.85. The summed E-state index contributed by atoms with van der Waals surface area (Å²) < 4.78 is 10.8. The van der Waals surface area contributed by atoms with Crippen LogP contribution >= 0.6 is 23.2 Å².